The summed E-state index contributed by atoms with van der Waals surface area (Å²) >= 11 is 0. The summed E-state index contributed by atoms with van der Waals surface area (Å²) in [5.41, 5.74) is 1.16. The Morgan fingerprint density at radius 2 is 2.17 bits per heavy atom. The number of rotatable bonds is 4. The number of nitrogens with zero attached hydrogens (tertiary/aromatic N) is 2. The highest BCUT2D eigenvalue weighted by atomic mass is 16.1. The third-order valence-corrected chi connectivity index (χ3v) is 3.78. The first-order valence-electron chi connectivity index (χ1n) is 6.80. The zero-order valence-corrected chi connectivity index (χ0v) is 10.5. The number of hydrogen-bond acceptors (Lipinski definition) is 3. The molecule has 4 nitrogen and oxygen atoms in total. The third kappa shape index (κ3) is 2.47. The van der Waals surface area contributed by atoms with Crippen LogP contribution in [0.1, 0.15) is 43.7 Å². The molecule has 18 heavy (non-hydrogen) atoms. The van der Waals surface area contributed by atoms with Gasteiger partial charge < -0.3 is 10.2 Å². The van der Waals surface area contributed by atoms with Crippen molar-refractivity contribution in [3.8, 4) is 0 Å². The van der Waals surface area contributed by atoms with E-state index in [2.05, 4.69) is 16.4 Å². The minimum atomic E-state index is 0.221. The number of amides is 1. The molecule has 1 aromatic heterocycles. The highest BCUT2D eigenvalue weighted by Gasteiger charge is 2.24. The van der Waals surface area contributed by atoms with Crippen LogP contribution in [0, 0.1) is 0 Å². The average Bonchev–Trinajstić information content (AvgIpc) is 3.24. The zero-order chi connectivity index (χ0) is 12.4. The van der Waals surface area contributed by atoms with Gasteiger partial charge in [-0.05, 0) is 43.7 Å². The lowest BCUT2D eigenvalue weighted by Crippen LogP contribution is -2.32. The monoisotopic (exact) mass is 245 g/mol. The molecule has 2 heterocycles. The maximum atomic E-state index is 11.1. The fourth-order valence-electron chi connectivity index (χ4n) is 2.56. The lowest BCUT2D eigenvalue weighted by atomic mass is 9.97. The molecule has 0 bridgehead atoms. The summed E-state index contributed by atoms with van der Waals surface area (Å²) in [6, 6.07) is 4.98. The van der Waals surface area contributed by atoms with Gasteiger partial charge >= 0.3 is 0 Å². The van der Waals surface area contributed by atoms with E-state index in [0.717, 1.165) is 37.2 Å². The molecule has 96 valence electrons. The SMILES string of the molecule is O=CN1CCCC[C@@H]1c1ccc(NC2CC2)nc1. The fraction of sp³-hybridized carbons (Fsp3) is 0.571. The highest BCUT2D eigenvalue weighted by Crippen LogP contribution is 2.30. The maximum absolute atomic E-state index is 11.1. The molecule has 0 aromatic carbocycles. The van der Waals surface area contributed by atoms with Crippen LogP contribution in [0.5, 0.6) is 0 Å². The number of piperidine rings is 1. The number of carbonyl (C=O) groups excluding carboxylic acids is 1. The molecule has 3 rings (SSSR count). The van der Waals surface area contributed by atoms with Crippen LogP contribution < -0.4 is 5.32 Å². The van der Waals surface area contributed by atoms with Crippen molar-refractivity contribution < 1.29 is 4.79 Å². The molecule has 0 unspecified atom stereocenters. The minimum Gasteiger partial charge on any atom is -0.367 e. The number of pyridine rings is 1. The van der Waals surface area contributed by atoms with E-state index in [9.17, 15) is 4.79 Å². The van der Waals surface area contributed by atoms with Crippen molar-refractivity contribution >= 4 is 12.2 Å². The van der Waals surface area contributed by atoms with Crippen LogP contribution in [-0.4, -0.2) is 28.9 Å². The van der Waals surface area contributed by atoms with Crippen molar-refractivity contribution in [3.63, 3.8) is 0 Å². The van der Waals surface area contributed by atoms with Crippen LogP contribution in [0.3, 0.4) is 0 Å². The van der Waals surface area contributed by atoms with Gasteiger partial charge in [0.25, 0.3) is 0 Å². The minimum absolute atomic E-state index is 0.221. The van der Waals surface area contributed by atoms with E-state index in [0.29, 0.717) is 6.04 Å². The van der Waals surface area contributed by atoms with E-state index >= 15 is 0 Å². The van der Waals surface area contributed by atoms with Crippen molar-refractivity contribution in [3.05, 3.63) is 23.9 Å². The first-order chi connectivity index (χ1) is 8.86. The summed E-state index contributed by atoms with van der Waals surface area (Å²) in [5, 5.41) is 3.38. The number of carbonyl (C=O) groups is 1. The number of anilines is 1. The van der Waals surface area contributed by atoms with E-state index < -0.39 is 0 Å². The molecule has 0 radical (unpaired) electrons. The van der Waals surface area contributed by atoms with Crippen molar-refractivity contribution in [2.24, 2.45) is 0 Å². The molecule has 1 amide bonds. The van der Waals surface area contributed by atoms with Crippen LogP contribution in [0.25, 0.3) is 0 Å². The molecule has 1 saturated heterocycles. The van der Waals surface area contributed by atoms with Gasteiger partial charge in [-0.15, -0.1) is 0 Å². The van der Waals surface area contributed by atoms with Gasteiger partial charge in [0.15, 0.2) is 0 Å². The smallest absolute Gasteiger partial charge is 0.210 e. The molecule has 0 spiro atoms. The quantitative estimate of drug-likeness (QED) is 0.828. The molecule has 1 aliphatic heterocycles. The number of likely N-dealkylation sites (tertiary alicyclic amines) is 1. The van der Waals surface area contributed by atoms with Gasteiger partial charge in [0.2, 0.25) is 6.41 Å². The largest absolute Gasteiger partial charge is 0.367 e. The molecule has 1 atom stereocenters. The molecule has 2 aliphatic rings. The predicted molar refractivity (Wildman–Crippen MR) is 70.2 cm³/mol. The molecule has 1 aliphatic carbocycles. The summed E-state index contributed by atoms with van der Waals surface area (Å²) in [5.74, 6) is 0.953. The lowest BCUT2D eigenvalue weighted by Gasteiger charge is -2.32. The Hall–Kier alpha value is -1.58. The summed E-state index contributed by atoms with van der Waals surface area (Å²) in [6.45, 7) is 0.871. The van der Waals surface area contributed by atoms with Crippen molar-refractivity contribution in [1.82, 2.24) is 9.88 Å². The van der Waals surface area contributed by atoms with Gasteiger partial charge in [-0.25, -0.2) is 4.98 Å². The van der Waals surface area contributed by atoms with Crippen LogP contribution in [0.15, 0.2) is 18.3 Å². The fourth-order valence-corrected chi connectivity index (χ4v) is 2.56. The lowest BCUT2D eigenvalue weighted by molar-refractivity contribution is -0.121. The topological polar surface area (TPSA) is 45.2 Å². The molecular formula is C14H19N3O. The van der Waals surface area contributed by atoms with E-state index in [4.69, 9.17) is 0 Å². The zero-order valence-electron chi connectivity index (χ0n) is 10.5. The van der Waals surface area contributed by atoms with Gasteiger partial charge in [-0.2, -0.15) is 0 Å². The maximum Gasteiger partial charge on any atom is 0.210 e. The molecule has 1 aromatic rings. The first-order valence-corrected chi connectivity index (χ1v) is 6.80. The van der Waals surface area contributed by atoms with Crippen LogP contribution in [-0.2, 0) is 4.79 Å². The van der Waals surface area contributed by atoms with E-state index in [1.807, 2.05) is 17.2 Å². The second-order valence-electron chi connectivity index (χ2n) is 5.25. The second-order valence-corrected chi connectivity index (χ2v) is 5.25. The Kier molecular flexibility index (Phi) is 3.17. The number of aromatic nitrogens is 1. The summed E-state index contributed by atoms with van der Waals surface area (Å²) < 4.78 is 0. The van der Waals surface area contributed by atoms with Crippen LogP contribution >= 0.6 is 0 Å². The Balaban J connectivity index is 1.71. The highest BCUT2D eigenvalue weighted by molar-refractivity contribution is 5.49. The van der Waals surface area contributed by atoms with E-state index in [-0.39, 0.29) is 6.04 Å². The molecular weight excluding hydrogens is 226 g/mol. The van der Waals surface area contributed by atoms with Gasteiger partial charge in [-0.3, -0.25) is 4.79 Å². The summed E-state index contributed by atoms with van der Waals surface area (Å²) in [4.78, 5) is 17.4. The van der Waals surface area contributed by atoms with Gasteiger partial charge in [-0.1, -0.05) is 6.07 Å². The molecule has 4 heteroatoms. The number of nitrogens with one attached hydrogen (secondary N) is 1. The average molecular weight is 245 g/mol. The van der Waals surface area contributed by atoms with Crippen LogP contribution in [0.4, 0.5) is 5.82 Å². The van der Waals surface area contributed by atoms with E-state index in [1.165, 1.54) is 19.3 Å². The third-order valence-electron chi connectivity index (χ3n) is 3.78. The molecule has 1 N–H and O–H groups in total. The van der Waals surface area contributed by atoms with Gasteiger partial charge in [0.1, 0.15) is 5.82 Å². The Labute approximate surface area is 107 Å². The summed E-state index contributed by atoms with van der Waals surface area (Å²) in [6.07, 6.45) is 8.75. The van der Waals surface area contributed by atoms with Crippen molar-refractivity contribution in [1.29, 1.82) is 0 Å². The standard InChI is InChI=1S/C14H19N3O/c18-10-17-8-2-1-3-13(17)11-4-7-14(15-9-11)16-12-5-6-12/h4,7,9-10,12-13H,1-3,5-6,8H2,(H,15,16)/t13-/m1/s1. The Morgan fingerprint density at radius 3 is 2.83 bits per heavy atom. The van der Waals surface area contributed by atoms with Crippen molar-refractivity contribution in [2.45, 2.75) is 44.2 Å². The normalized spacial score (nSPS) is 23.8. The van der Waals surface area contributed by atoms with E-state index in [1.54, 1.807) is 0 Å². The molecule has 1 saturated carbocycles. The Bertz CT molecular complexity index is 414. The number of hydrogen-bond donors (Lipinski definition) is 1. The Morgan fingerprint density at radius 1 is 1.28 bits per heavy atom. The predicted octanol–water partition coefficient (Wildman–Crippen LogP) is 2.34. The van der Waals surface area contributed by atoms with Crippen molar-refractivity contribution in [2.75, 3.05) is 11.9 Å². The summed E-state index contributed by atoms with van der Waals surface area (Å²) in [7, 11) is 0. The van der Waals surface area contributed by atoms with Gasteiger partial charge in [0.05, 0.1) is 6.04 Å². The molecule has 2 fully saturated rings. The first kappa shape index (κ1) is 11.5. The van der Waals surface area contributed by atoms with Crippen LogP contribution in [0.2, 0.25) is 0 Å². The van der Waals surface area contributed by atoms with Gasteiger partial charge in [0, 0.05) is 18.8 Å². The second kappa shape index (κ2) is 4.96.